The van der Waals surface area contributed by atoms with Crippen LogP contribution in [0.1, 0.15) is 37.9 Å². The summed E-state index contributed by atoms with van der Waals surface area (Å²) in [5.74, 6) is -2.01. The lowest BCUT2D eigenvalue weighted by atomic mass is 9.85. The maximum absolute atomic E-state index is 14.4. The van der Waals surface area contributed by atoms with Crippen molar-refractivity contribution in [3.8, 4) is 11.1 Å². The van der Waals surface area contributed by atoms with Crippen LogP contribution >= 0.6 is 0 Å². The molecular weight excluding hydrogens is 413 g/mol. The first-order valence-corrected chi connectivity index (χ1v) is 11.1. The Hall–Kier alpha value is -3.00. The van der Waals surface area contributed by atoms with Crippen LogP contribution in [0, 0.1) is 17.7 Å². The molecule has 1 aliphatic carbocycles. The average molecular weight is 439 g/mol. The maximum atomic E-state index is 14.4. The van der Waals surface area contributed by atoms with Crippen LogP contribution < -0.4 is 10.9 Å². The zero-order valence-electron chi connectivity index (χ0n) is 17.8. The molecule has 4 atom stereocenters. The highest BCUT2D eigenvalue weighted by atomic mass is 19.1. The zero-order chi connectivity index (χ0) is 22.6. The third-order valence-corrected chi connectivity index (χ3v) is 7.33. The predicted octanol–water partition coefficient (Wildman–Crippen LogP) is 1.83. The molecule has 7 nitrogen and oxygen atoms in total. The SMILES string of the molecule is CC(=O)N1[C@@H]2c3ccc(-c4ccccc4F)c(=O)n3C[C@H]1[C@H](CO)[C@H]2C(=O)NC1CCC1. The molecule has 2 amide bonds. The van der Waals surface area contributed by atoms with Crippen molar-refractivity contribution < 1.29 is 19.1 Å². The van der Waals surface area contributed by atoms with Gasteiger partial charge in [0, 0.05) is 43.3 Å². The summed E-state index contributed by atoms with van der Waals surface area (Å²) in [6.07, 6.45) is 2.92. The number of hydrogen-bond donors (Lipinski definition) is 2. The van der Waals surface area contributed by atoms with Crippen molar-refractivity contribution in [1.29, 1.82) is 0 Å². The Morgan fingerprint density at radius 2 is 1.91 bits per heavy atom. The lowest BCUT2D eigenvalue weighted by Gasteiger charge is -2.38. The number of pyridine rings is 1. The smallest absolute Gasteiger partial charge is 0.258 e. The average Bonchev–Trinajstić information content (AvgIpc) is 2.99. The van der Waals surface area contributed by atoms with Gasteiger partial charge in [-0.25, -0.2) is 4.39 Å². The predicted molar refractivity (Wildman–Crippen MR) is 115 cm³/mol. The molecule has 0 radical (unpaired) electrons. The molecule has 2 bridgehead atoms. The van der Waals surface area contributed by atoms with E-state index in [1.54, 1.807) is 39.8 Å². The number of amides is 2. The molecule has 2 N–H and O–H groups in total. The summed E-state index contributed by atoms with van der Waals surface area (Å²) in [4.78, 5) is 40.9. The number of fused-ring (bicyclic) bond motifs is 4. The molecule has 1 aromatic heterocycles. The van der Waals surface area contributed by atoms with E-state index >= 15 is 0 Å². The van der Waals surface area contributed by atoms with Gasteiger partial charge in [-0.3, -0.25) is 14.4 Å². The van der Waals surface area contributed by atoms with Crippen molar-refractivity contribution in [2.45, 2.75) is 50.9 Å². The molecule has 3 aliphatic rings. The second kappa shape index (κ2) is 7.85. The Morgan fingerprint density at radius 3 is 2.53 bits per heavy atom. The lowest BCUT2D eigenvalue weighted by Crippen LogP contribution is -2.48. The molecule has 0 spiro atoms. The highest BCUT2D eigenvalue weighted by Crippen LogP contribution is 2.48. The molecular formula is C24H26FN3O4. The van der Waals surface area contributed by atoms with Crippen LogP contribution in [-0.2, 0) is 16.1 Å². The van der Waals surface area contributed by atoms with E-state index in [4.69, 9.17) is 0 Å². The van der Waals surface area contributed by atoms with Crippen LogP contribution in [0.2, 0.25) is 0 Å². The number of aliphatic hydroxyl groups excluding tert-OH is 1. The molecule has 5 rings (SSSR count). The summed E-state index contributed by atoms with van der Waals surface area (Å²) in [6.45, 7) is 1.34. The topological polar surface area (TPSA) is 91.6 Å². The fourth-order valence-corrected chi connectivity index (χ4v) is 5.57. The normalized spacial score (nSPS) is 26.4. The molecule has 2 aliphatic heterocycles. The first-order chi connectivity index (χ1) is 15.4. The summed E-state index contributed by atoms with van der Waals surface area (Å²) in [5.41, 5.74) is 0.638. The number of carbonyl (C=O) groups is 2. The first-order valence-electron chi connectivity index (χ1n) is 11.1. The van der Waals surface area contributed by atoms with Gasteiger partial charge in [-0.1, -0.05) is 18.2 Å². The highest BCUT2D eigenvalue weighted by Gasteiger charge is 2.57. The number of hydrogen-bond acceptors (Lipinski definition) is 4. The molecule has 2 aromatic rings. The van der Waals surface area contributed by atoms with Crippen LogP contribution in [0.5, 0.6) is 0 Å². The molecule has 168 valence electrons. The number of nitrogens with zero attached hydrogens (tertiary/aromatic N) is 2. The standard InChI is InChI=1S/C24H26FN3O4/c1-13(30)28-20-11-27-19(10-9-16(24(27)32)15-7-2-3-8-18(15)25)22(28)21(17(20)12-29)23(31)26-14-5-4-6-14/h2-3,7-10,14,17,20-22,29H,4-6,11-12H2,1H3,(H,26,31)/t17-,20-,21+,22+/m0/s1. The van der Waals surface area contributed by atoms with Crippen LogP contribution in [0.4, 0.5) is 4.39 Å². The highest BCUT2D eigenvalue weighted by molar-refractivity contribution is 5.84. The third-order valence-electron chi connectivity index (χ3n) is 7.33. The molecule has 1 saturated carbocycles. The number of aliphatic hydroxyl groups is 1. The molecule has 2 fully saturated rings. The zero-order valence-corrected chi connectivity index (χ0v) is 17.8. The minimum atomic E-state index is -0.651. The fraction of sp³-hybridized carbons (Fsp3) is 0.458. The number of carbonyl (C=O) groups excluding carboxylic acids is 2. The van der Waals surface area contributed by atoms with E-state index < -0.39 is 29.7 Å². The molecule has 0 unspecified atom stereocenters. The van der Waals surface area contributed by atoms with E-state index in [-0.39, 0.29) is 47.7 Å². The van der Waals surface area contributed by atoms with Crippen molar-refractivity contribution >= 4 is 11.8 Å². The van der Waals surface area contributed by atoms with Crippen molar-refractivity contribution in [3.63, 3.8) is 0 Å². The Balaban J connectivity index is 1.62. The minimum Gasteiger partial charge on any atom is -0.396 e. The van der Waals surface area contributed by atoms with Crippen LogP contribution in [0.3, 0.4) is 0 Å². The number of aromatic nitrogens is 1. The van der Waals surface area contributed by atoms with E-state index in [1.807, 2.05) is 0 Å². The monoisotopic (exact) mass is 439 g/mol. The van der Waals surface area contributed by atoms with Gasteiger partial charge in [0.25, 0.3) is 5.56 Å². The molecule has 3 heterocycles. The van der Waals surface area contributed by atoms with Gasteiger partial charge in [0.15, 0.2) is 0 Å². The van der Waals surface area contributed by atoms with Crippen molar-refractivity contribution in [2.75, 3.05) is 6.61 Å². The van der Waals surface area contributed by atoms with E-state index in [2.05, 4.69) is 5.32 Å². The number of benzene rings is 1. The van der Waals surface area contributed by atoms with Gasteiger partial charge in [-0.15, -0.1) is 0 Å². The van der Waals surface area contributed by atoms with Gasteiger partial charge in [-0.05, 0) is 37.5 Å². The fourth-order valence-electron chi connectivity index (χ4n) is 5.57. The third kappa shape index (κ3) is 3.08. The van der Waals surface area contributed by atoms with Gasteiger partial charge < -0.3 is 19.9 Å². The summed E-state index contributed by atoms with van der Waals surface area (Å²) in [5, 5.41) is 13.3. The van der Waals surface area contributed by atoms with E-state index in [9.17, 15) is 23.9 Å². The van der Waals surface area contributed by atoms with E-state index in [1.165, 1.54) is 13.0 Å². The van der Waals surface area contributed by atoms with Crippen molar-refractivity contribution in [1.82, 2.24) is 14.8 Å². The van der Waals surface area contributed by atoms with Gasteiger partial charge in [0.05, 0.1) is 23.6 Å². The van der Waals surface area contributed by atoms with Gasteiger partial charge >= 0.3 is 0 Å². The van der Waals surface area contributed by atoms with Gasteiger partial charge in [0.1, 0.15) is 5.82 Å². The minimum absolute atomic E-state index is 0.124. The Kier molecular flexibility index (Phi) is 5.12. The summed E-state index contributed by atoms with van der Waals surface area (Å²) >= 11 is 0. The molecule has 32 heavy (non-hydrogen) atoms. The summed E-state index contributed by atoms with van der Waals surface area (Å²) in [6, 6.07) is 8.38. The van der Waals surface area contributed by atoms with E-state index in [0.717, 1.165) is 19.3 Å². The first kappa shape index (κ1) is 20.9. The second-order valence-corrected chi connectivity index (χ2v) is 9.01. The Labute approximate surface area is 184 Å². The number of nitrogens with one attached hydrogen (secondary N) is 1. The quantitative estimate of drug-likeness (QED) is 0.761. The number of halogens is 1. The van der Waals surface area contributed by atoms with Crippen LogP contribution in [-0.4, -0.2) is 45.1 Å². The molecule has 1 saturated heterocycles. The van der Waals surface area contributed by atoms with Gasteiger partial charge in [0.2, 0.25) is 11.8 Å². The summed E-state index contributed by atoms with van der Waals surface area (Å²) in [7, 11) is 0. The Bertz CT molecular complexity index is 1140. The lowest BCUT2D eigenvalue weighted by molar-refractivity contribution is -0.134. The second-order valence-electron chi connectivity index (χ2n) is 9.01. The van der Waals surface area contributed by atoms with Crippen molar-refractivity contribution in [3.05, 3.63) is 58.3 Å². The largest absolute Gasteiger partial charge is 0.396 e. The molecule has 1 aromatic carbocycles. The number of rotatable bonds is 4. The Morgan fingerprint density at radius 1 is 1.16 bits per heavy atom. The van der Waals surface area contributed by atoms with Gasteiger partial charge in [-0.2, -0.15) is 0 Å². The van der Waals surface area contributed by atoms with Crippen LogP contribution in [0.15, 0.2) is 41.2 Å². The van der Waals surface area contributed by atoms with Crippen molar-refractivity contribution in [2.24, 2.45) is 11.8 Å². The maximum Gasteiger partial charge on any atom is 0.258 e. The molecule has 8 heteroatoms. The summed E-state index contributed by atoms with van der Waals surface area (Å²) < 4.78 is 15.9. The van der Waals surface area contributed by atoms with Crippen LogP contribution in [0.25, 0.3) is 11.1 Å². The van der Waals surface area contributed by atoms with E-state index in [0.29, 0.717) is 5.69 Å².